The SMILES string of the molecule is O=C(COC(=O)COc1ccc2ccc(=O)oc2c1)NCC1(N2CCOCC2)CCCCC1. The Labute approximate surface area is 192 Å². The second-order valence-corrected chi connectivity index (χ2v) is 8.56. The van der Waals surface area contributed by atoms with E-state index in [0.29, 0.717) is 17.9 Å². The van der Waals surface area contributed by atoms with E-state index in [-0.39, 0.29) is 24.7 Å². The molecular formula is C24H30N2O7. The second-order valence-electron chi connectivity index (χ2n) is 8.56. The summed E-state index contributed by atoms with van der Waals surface area (Å²) in [7, 11) is 0. The summed E-state index contributed by atoms with van der Waals surface area (Å²) in [5.41, 5.74) is -0.144. The van der Waals surface area contributed by atoms with Crippen molar-refractivity contribution >= 4 is 22.8 Å². The largest absolute Gasteiger partial charge is 0.482 e. The first kappa shape index (κ1) is 23.3. The van der Waals surface area contributed by atoms with Crippen LogP contribution in [0.3, 0.4) is 0 Å². The van der Waals surface area contributed by atoms with Crippen molar-refractivity contribution in [3.63, 3.8) is 0 Å². The number of rotatable bonds is 8. The monoisotopic (exact) mass is 458 g/mol. The highest BCUT2D eigenvalue weighted by Crippen LogP contribution is 2.33. The van der Waals surface area contributed by atoms with Crippen LogP contribution in [0, 0.1) is 0 Å². The molecule has 1 amide bonds. The molecule has 1 saturated heterocycles. The number of hydrogen-bond donors (Lipinski definition) is 1. The Morgan fingerprint density at radius 2 is 1.79 bits per heavy atom. The molecule has 4 rings (SSSR count). The standard InChI is InChI=1S/C24H30N2O7/c27-21(25-17-24(8-2-1-3-9-24)26-10-12-30-13-11-26)15-32-23(29)16-31-19-6-4-18-5-7-22(28)33-20(18)14-19/h4-7,14H,1-3,8-13,15-17H2,(H,25,27). The van der Waals surface area contributed by atoms with Gasteiger partial charge in [-0.05, 0) is 31.0 Å². The second kappa shape index (κ2) is 10.8. The van der Waals surface area contributed by atoms with E-state index in [1.165, 1.54) is 18.6 Å². The van der Waals surface area contributed by atoms with E-state index >= 15 is 0 Å². The molecule has 1 aromatic carbocycles. The van der Waals surface area contributed by atoms with Gasteiger partial charge in [0.15, 0.2) is 13.2 Å². The topological polar surface area (TPSA) is 107 Å². The van der Waals surface area contributed by atoms with E-state index in [2.05, 4.69) is 10.2 Å². The first-order valence-corrected chi connectivity index (χ1v) is 11.5. The molecule has 0 radical (unpaired) electrons. The van der Waals surface area contributed by atoms with Gasteiger partial charge in [0.2, 0.25) is 0 Å². The lowest BCUT2D eigenvalue weighted by Gasteiger charge is -2.48. The minimum absolute atomic E-state index is 0.0457. The van der Waals surface area contributed by atoms with Crippen molar-refractivity contribution < 1.29 is 28.2 Å². The number of carbonyl (C=O) groups excluding carboxylic acids is 2. The van der Waals surface area contributed by atoms with Crippen LogP contribution >= 0.6 is 0 Å². The van der Waals surface area contributed by atoms with Gasteiger partial charge in [-0.2, -0.15) is 0 Å². The van der Waals surface area contributed by atoms with Crippen molar-refractivity contribution in [2.24, 2.45) is 0 Å². The third kappa shape index (κ3) is 6.11. The molecule has 1 aliphatic carbocycles. The van der Waals surface area contributed by atoms with Gasteiger partial charge < -0.3 is 23.9 Å². The molecule has 178 valence electrons. The lowest BCUT2D eigenvalue weighted by molar-refractivity contribution is -0.150. The number of ether oxygens (including phenoxy) is 3. The van der Waals surface area contributed by atoms with Gasteiger partial charge in [-0.25, -0.2) is 9.59 Å². The number of amides is 1. The first-order valence-electron chi connectivity index (χ1n) is 11.5. The van der Waals surface area contributed by atoms with Crippen molar-refractivity contribution in [2.45, 2.75) is 37.6 Å². The molecule has 9 heteroatoms. The molecule has 9 nitrogen and oxygen atoms in total. The van der Waals surface area contributed by atoms with E-state index in [1.807, 2.05) is 0 Å². The van der Waals surface area contributed by atoms with E-state index in [4.69, 9.17) is 18.6 Å². The molecule has 1 N–H and O–H groups in total. The molecule has 2 fully saturated rings. The van der Waals surface area contributed by atoms with Gasteiger partial charge in [-0.15, -0.1) is 0 Å². The number of esters is 1. The van der Waals surface area contributed by atoms with Gasteiger partial charge >= 0.3 is 11.6 Å². The average molecular weight is 459 g/mol. The minimum Gasteiger partial charge on any atom is -0.482 e. The maximum atomic E-state index is 12.4. The van der Waals surface area contributed by atoms with E-state index < -0.39 is 11.6 Å². The van der Waals surface area contributed by atoms with E-state index in [1.54, 1.807) is 18.2 Å². The van der Waals surface area contributed by atoms with Crippen molar-refractivity contribution in [2.75, 3.05) is 46.1 Å². The van der Waals surface area contributed by atoms with Gasteiger partial charge in [0.1, 0.15) is 11.3 Å². The highest BCUT2D eigenvalue weighted by molar-refractivity contribution is 5.81. The molecule has 2 aromatic rings. The summed E-state index contributed by atoms with van der Waals surface area (Å²) < 4.78 is 21.1. The van der Waals surface area contributed by atoms with Crippen LogP contribution in [0.1, 0.15) is 32.1 Å². The Balaban J connectivity index is 1.22. The van der Waals surface area contributed by atoms with E-state index in [9.17, 15) is 14.4 Å². The van der Waals surface area contributed by atoms with Gasteiger partial charge in [-0.1, -0.05) is 19.3 Å². The summed E-state index contributed by atoms with van der Waals surface area (Å²) in [4.78, 5) is 38.2. The molecule has 1 saturated carbocycles. The number of nitrogens with zero attached hydrogens (tertiary/aromatic N) is 1. The fourth-order valence-corrected chi connectivity index (χ4v) is 4.63. The Morgan fingerprint density at radius 1 is 1.03 bits per heavy atom. The quantitative estimate of drug-likeness (QED) is 0.472. The summed E-state index contributed by atoms with van der Waals surface area (Å²) in [5, 5.41) is 3.71. The van der Waals surface area contributed by atoms with Gasteiger partial charge in [0.25, 0.3) is 5.91 Å². The molecule has 0 unspecified atom stereocenters. The molecule has 0 bridgehead atoms. The summed E-state index contributed by atoms with van der Waals surface area (Å²) in [6.45, 7) is 3.03. The number of carbonyl (C=O) groups is 2. The van der Waals surface area contributed by atoms with Crippen LogP contribution in [-0.4, -0.2) is 68.4 Å². The molecule has 2 aliphatic rings. The molecule has 2 heterocycles. The fourth-order valence-electron chi connectivity index (χ4n) is 4.63. The van der Waals surface area contributed by atoms with Crippen molar-refractivity contribution in [1.29, 1.82) is 0 Å². The van der Waals surface area contributed by atoms with Crippen LogP contribution in [0.2, 0.25) is 0 Å². The zero-order valence-electron chi connectivity index (χ0n) is 18.7. The smallest absolute Gasteiger partial charge is 0.344 e. The highest BCUT2D eigenvalue weighted by Gasteiger charge is 2.38. The first-order chi connectivity index (χ1) is 16.0. The lowest BCUT2D eigenvalue weighted by Crippen LogP contribution is -2.59. The number of benzene rings is 1. The van der Waals surface area contributed by atoms with Crippen molar-refractivity contribution in [1.82, 2.24) is 10.2 Å². The van der Waals surface area contributed by atoms with E-state index in [0.717, 1.165) is 57.4 Å². The van der Waals surface area contributed by atoms with Crippen LogP contribution in [0.25, 0.3) is 11.0 Å². The molecule has 1 aromatic heterocycles. The summed E-state index contributed by atoms with van der Waals surface area (Å²) in [6.07, 6.45) is 5.62. The Hall–Kier alpha value is -2.91. The number of fused-ring (bicyclic) bond motifs is 1. The van der Waals surface area contributed by atoms with Crippen molar-refractivity contribution in [3.8, 4) is 5.75 Å². The highest BCUT2D eigenvalue weighted by atomic mass is 16.6. The number of morpholine rings is 1. The predicted octanol–water partition coefficient (Wildman–Crippen LogP) is 1.87. The van der Waals surface area contributed by atoms with Crippen LogP contribution in [0.15, 0.2) is 39.5 Å². The Kier molecular flexibility index (Phi) is 7.61. The zero-order chi connectivity index (χ0) is 23.1. The molecule has 1 aliphatic heterocycles. The summed E-state index contributed by atoms with van der Waals surface area (Å²) in [6, 6.07) is 7.90. The maximum absolute atomic E-state index is 12.4. The maximum Gasteiger partial charge on any atom is 0.344 e. The van der Waals surface area contributed by atoms with Gasteiger partial charge in [-0.3, -0.25) is 9.69 Å². The number of nitrogens with one attached hydrogen (secondary N) is 1. The third-order valence-electron chi connectivity index (χ3n) is 6.40. The third-order valence-corrected chi connectivity index (χ3v) is 6.40. The minimum atomic E-state index is -0.652. The average Bonchev–Trinajstić information content (AvgIpc) is 2.85. The van der Waals surface area contributed by atoms with Crippen LogP contribution in [0.4, 0.5) is 0 Å². The van der Waals surface area contributed by atoms with Crippen molar-refractivity contribution in [3.05, 3.63) is 40.8 Å². The summed E-state index contributed by atoms with van der Waals surface area (Å²) in [5.74, 6) is -0.614. The normalized spacial score (nSPS) is 18.5. The molecular weight excluding hydrogens is 428 g/mol. The Bertz CT molecular complexity index is 1020. The van der Waals surface area contributed by atoms with Crippen LogP contribution < -0.4 is 15.7 Å². The van der Waals surface area contributed by atoms with Gasteiger partial charge in [0.05, 0.1) is 13.2 Å². The molecule has 0 atom stereocenters. The molecule has 0 spiro atoms. The van der Waals surface area contributed by atoms with Gasteiger partial charge in [0, 0.05) is 42.7 Å². The lowest BCUT2D eigenvalue weighted by atomic mass is 9.79. The predicted molar refractivity (Wildman–Crippen MR) is 120 cm³/mol. The van der Waals surface area contributed by atoms with Crippen LogP contribution in [-0.2, 0) is 19.1 Å². The zero-order valence-corrected chi connectivity index (χ0v) is 18.7. The Morgan fingerprint density at radius 3 is 2.58 bits per heavy atom. The number of hydrogen-bond acceptors (Lipinski definition) is 8. The molecule has 33 heavy (non-hydrogen) atoms. The summed E-state index contributed by atoms with van der Waals surface area (Å²) >= 11 is 0. The van der Waals surface area contributed by atoms with Crippen LogP contribution in [0.5, 0.6) is 5.75 Å². The fraction of sp³-hybridized carbons (Fsp3) is 0.542.